The van der Waals surface area contributed by atoms with Crippen molar-refractivity contribution in [2.24, 2.45) is 23.0 Å². The highest BCUT2D eigenvalue weighted by atomic mass is 19.4. The van der Waals surface area contributed by atoms with Gasteiger partial charge in [0.1, 0.15) is 34.4 Å². The smallest absolute Gasteiger partial charge is 0.416 e. The summed E-state index contributed by atoms with van der Waals surface area (Å²) >= 11 is 0. The molecule has 1 aromatic carbocycles. The van der Waals surface area contributed by atoms with Crippen molar-refractivity contribution in [1.29, 1.82) is 0 Å². The molecule has 348 valence electrons. The second-order valence-corrected chi connectivity index (χ2v) is 17.8. The zero-order valence-electron chi connectivity index (χ0n) is 36.8. The maximum absolute atomic E-state index is 15.8. The number of nitrogens with one attached hydrogen (secondary N) is 2. The molecule has 2 atom stereocenters. The lowest BCUT2D eigenvalue weighted by Gasteiger charge is -2.54. The number of ether oxygens (including phenoxy) is 2. The van der Waals surface area contributed by atoms with E-state index in [1.165, 1.54) is 12.1 Å². The molecule has 4 aromatic rings. The highest BCUT2D eigenvalue weighted by Gasteiger charge is 2.45. The Bertz CT molecular complexity index is 2440. The fourth-order valence-corrected chi connectivity index (χ4v) is 8.67. The Morgan fingerprint density at radius 3 is 2.54 bits per heavy atom. The number of primary amides is 1. The Morgan fingerprint density at radius 2 is 1.83 bits per heavy atom. The number of nitrogen functional groups attached to an aromatic ring is 1. The third-order valence-electron chi connectivity index (χ3n) is 12.0. The molecule has 2 aliphatic heterocycles. The van der Waals surface area contributed by atoms with Crippen molar-refractivity contribution in [2.75, 3.05) is 68.4 Å². The second-order valence-electron chi connectivity index (χ2n) is 17.8. The van der Waals surface area contributed by atoms with Gasteiger partial charge in [-0.1, -0.05) is 26.3 Å². The average Bonchev–Trinajstić information content (AvgIpc) is 3.64. The summed E-state index contributed by atoms with van der Waals surface area (Å²) in [5.41, 5.74) is 12.9. The van der Waals surface area contributed by atoms with Crippen molar-refractivity contribution >= 4 is 40.9 Å². The number of esters is 1. The van der Waals surface area contributed by atoms with E-state index in [9.17, 15) is 27.6 Å². The number of aromatic nitrogens is 4. The number of carbonyl (C=O) groups excluding carboxylic acids is 3. The number of carbonyl (C=O) groups is 3. The number of hydrogen-bond donors (Lipinski definition) is 4. The van der Waals surface area contributed by atoms with Crippen molar-refractivity contribution in [1.82, 2.24) is 29.6 Å². The van der Waals surface area contributed by atoms with E-state index in [0.717, 1.165) is 88.1 Å². The molecular formula is C46H56F4N10O5. The Morgan fingerprint density at radius 1 is 1.06 bits per heavy atom. The Kier molecular flexibility index (Phi) is 14.4. The molecular weight excluding hydrogens is 849 g/mol. The number of allylic oxidation sites excluding steroid dienone is 2. The molecule has 19 heteroatoms. The van der Waals surface area contributed by atoms with Gasteiger partial charge in [0.25, 0.3) is 5.91 Å². The van der Waals surface area contributed by atoms with Crippen LogP contribution in [-0.2, 0) is 25.2 Å². The van der Waals surface area contributed by atoms with Crippen LogP contribution in [0.5, 0.6) is 0 Å². The minimum atomic E-state index is -4.63. The molecule has 65 heavy (non-hydrogen) atoms. The SMILES string of the molecule is CC(C)COC(=O)CCC(NCC1=CC(OCCCN2CC3(CCN(c4nc(-c5ccc(C(=O)Nc6cc(C(F)(F)F)ccn6)cc5F)c5c(N)nccn45)CC3)C2)=CC(C)C1)C(N)=O. The maximum Gasteiger partial charge on any atom is 0.416 e. The van der Waals surface area contributed by atoms with Gasteiger partial charge in [-0.2, -0.15) is 13.2 Å². The zero-order valence-corrected chi connectivity index (χ0v) is 36.8. The first-order chi connectivity index (χ1) is 31.0. The number of hydrogen-bond acceptors (Lipinski definition) is 12. The first-order valence-electron chi connectivity index (χ1n) is 21.9. The van der Waals surface area contributed by atoms with E-state index < -0.39 is 35.4 Å². The molecule has 0 bridgehead atoms. The number of likely N-dealkylation sites (tertiary alicyclic amines) is 1. The topological polar surface area (TPSA) is 195 Å². The number of halogens is 4. The maximum atomic E-state index is 15.8. The van der Waals surface area contributed by atoms with Gasteiger partial charge in [-0.05, 0) is 91.8 Å². The molecule has 1 spiro atoms. The van der Waals surface area contributed by atoms with Gasteiger partial charge in [-0.3, -0.25) is 18.8 Å². The number of alkyl halides is 3. The van der Waals surface area contributed by atoms with Crippen LogP contribution in [0.25, 0.3) is 16.8 Å². The summed E-state index contributed by atoms with van der Waals surface area (Å²) in [4.78, 5) is 54.6. The largest absolute Gasteiger partial charge is 0.494 e. The van der Waals surface area contributed by atoms with E-state index in [-0.39, 0.29) is 64.5 Å². The van der Waals surface area contributed by atoms with Crippen molar-refractivity contribution in [3.05, 3.63) is 89.4 Å². The van der Waals surface area contributed by atoms with Gasteiger partial charge < -0.3 is 41.4 Å². The fraction of sp³-hybridized carbons (Fsp3) is 0.478. The predicted molar refractivity (Wildman–Crippen MR) is 237 cm³/mol. The van der Waals surface area contributed by atoms with Gasteiger partial charge in [0, 0.05) is 75.4 Å². The lowest BCUT2D eigenvalue weighted by molar-refractivity contribution is -0.145. The predicted octanol–water partition coefficient (Wildman–Crippen LogP) is 6.37. The summed E-state index contributed by atoms with van der Waals surface area (Å²) in [6, 6.07) is 4.60. The van der Waals surface area contributed by atoms with E-state index in [2.05, 4.69) is 43.4 Å². The molecule has 6 N–H and O–H groups in total. The van der Waals surface area contributed by atoms with E-state index in [1.54, 1.807) is 16.8 Å². The highest BCUT2D eigenvalue weighted by molar-refractivity contribution is 6.04. The third kappa shape index (κ3) is 11.6. The highest BCUT2D eigenvalue weighted by Crippen LogP contribution is 2.42. The standard InChI is InChI=1S/C46H56F4N10O5/c1-28(2)25-65-38(61)8-7-36(42(52)62)55-24-30-19-29(3)20-33(21-30)64-18-4-14-58-26-45(27-58)10-15-59(16-11-45)44-57-39(40-41(51)54-13-17-60(40)44)34-6-5-31(22-35(34)47)43(63)56-37-23-32(9-12-53-37)46(48,49)50/h5-6,9,12-13,17,20-23,28-29,36,55H,4,7-8,10-11,14-16,18-19,24-27H2,1-3H3,(H2,51,54)(H2,52,62)(H,53,56,63). The molecule has 15 nitrogen and oxygen atoms in total. The molecule has 5 heterocycles. The molecule has 1 aliphatic carbocycles. The van der Waals surface area contributed by atoms with Gasteiger partial charge in [-0.25, -0.2) is 19.3 Å². The van der Waals surface area contributed by atoms with Crippen LogP contribution in [0.15, 0.2) is 72.4 Å². The minimum absolute atomic E-state index is 0.0832. The first-order valence-corrected chi connectivity index (χ1v) is 21.9. The lowest BCUT2D eigenvalue weighted by atomic mass is 9.72. The lowest BCUT2D eigenvalue weighted by Crippen LogP contribution is -2.60. The van der Waals surface area contributed by atoms with Crippen molar-refractivity contribution in [3.63, 3.8) is 0 Å². The quantitative estimate of drug-likeness (QED) is 0.0491. The van der Waals surface area contributed by atoms with E-state index in [0.29, 0.717) is 37.3 Å². The van der Waals surface area contributed by atoms with Crippen LogP contribution in [0.3, 0.4) is 0 Å². The van der Waals surface area contributed by atoms with E-state index >= 15 is 4.39 Å². The molecule has 0 saturated carbocycles. The van der Waals surface area contributed by atoms with Crippen LogP contribution in [0.4, 0.5) is 35.1 Å². The van der Waals surface area contributed by atoms with Crippen LogP contribution in [0, 0.1) is 23.1 Å². The number of fused-ring (bicyclic) bond motifs is 1. The number of nitrogens with two attached hydrogens (primary N) is 2. The number of imidazole rings is 1. The van der Waals surface area contributed by atoms with Gasteiger partial charge >= 0.3 is 12.1 Å². The van der Waals surface area contributed by atoms with Gasteiger partial charge in [0.15, 0.2) is 0 Å². The summed E-state index contributed by atoms with van der Waals surface area (Å²) in [6.45, 7) is 11.7. The number of nitrogens with zero attached hydrogens (tertiary/aromatic N) is 6. The van der Waals surface area contributed by atoms with Crippen LogP contribution < -0.4 is 27.0 Å². The number of rotatable bonds is 18. The van der Waals surface area contributed by atoms with Gasteiger partial charge in [0.2, 0.25) is 11.9 Å². The van der Waals surface area contributed by atoms with Crippen molar-refractivity contribution in [2.45, 2.75) is 71.5 Å². The average molecular weight is 905 g/mol. The van der Waals surface area contributed by atoms with Crippen molar-refractivity contribution < 1.29 is 41.4 Å². The molecule has 0 radical (unpaired) electrons. The van der Waals surface area contributed by atoms with E-state index in [4.69, 9.17) is 25.9 Å². The summed E-state index contributed by atoms with van der Waals surface area (Å²) in [5, 5.41) is 5.52. The third-order valence-corrected chi connectivity index (χ3v) is 12.0. The molecule has 3 aliphatic rings. The normalized spacial score (nSPS) is 18.0. The number of piperidine rings is 1. The van der Waals surface area contributed by atoms with E-state index in [1.807, 2.05) is 19.9 Å². The summed E-state index contributed by atoms with van der Waals surface area (Å²) in [7, 11) is 0. The molecule has 2 saturated heterocycles. The monoisotopic (exact) mass is 904 g/mol. The molecule has 7 rings (SSSR count). The molecule has 2 unspecified atom stereocenters. The van der Waals surface area contributed by atoms with Crippen LogP contribution in [0.2, 0.25) is 0 Å². The number of amides is 2. The van der Waals surface area contributed by atoms with Crippen LogP contribution in [-0.4, -0.2) is 101 Å². The Hall–Kier alpha value is -6.08. The van der Waals surface area contributed by atoms with Crippen molar-refractivity contribution in [3.8, 4) is 11.3 Å². The fourth-order valence-electron chi connectivity index (χ4n) is 8.67. The zero-order chi connectivity index (χ0) is 46.5. The van der Waals surface area contributed by atoms with Crippen LogP contribution in [0.1, 0.15) is 75.2 Å². The Balaban J connectivity index is 0.886. The summed E-state index contributed by atoms with van der Waals surface area (Å²) in [5.74, 6) is -0.718. The summed E-state index contributed by atoms with van der Waals surface area (Å²) < 4.78 is 68.6. The second kappa shape index (κ2) is 20.0. The number of anilines is 3. The summed E-state index contributed by atoms with van der Waals surface area (Å²) in [6.07, 6.45) is 7.67. The molecule has 3 aromatic heterocycles. The molecule has 2 fully saturated rings. The Labute approximate surface area is 374 Å². The van der Waals surface area contributed by atoms with Crippen LogP contribution >= 0.6 is 0 Å². The number of benzene rings is 1. The first kappa shape index (κ1) is 46.9. The van der Waals surface area contributed by atoms with Gasteiger partial charge in [-0.15, -0.1) is 0 Å². The molecule has 2 amide bonds. The minimum Gasteiger partial charge on any atom is -0.494 e. The van der Waals surface area contributed by atoms with Gasteiger partial charge in [0.05, 0.1) is 24.8 Å². The number of pyridine rings is 1.